The summed E-state index contributed by atoms with van der Waals surface area (Å²) in [5, 5.41) is 0. The molecule has 17 heavy (non-hydrogen) atoms. The van der Waals surface area contributed by atoms with E-state index in [0.29, 0.717) is 0 Å². The van der Waals surface area contributed by atoms with Crippen molar-refractivity contribution in [2.45, 2.75) is 75.8 Å². The molecule has 0 saturated heterocycles. The maximum Gasteiger partial charge on any atom is 0.274 e. The highest BCUT2D eigenvalue weighted by molar-refractivity contribution is 7.24. The van der Waals surface area contributed by atoms with Crippen LogP contribution < -0.4 is 0 Å². The van der Waals surface area contributed by atoms with Crippen molar-refractivity contribution in [3.05, 3.63) is 0 Å². The van der Waals surface area contributed by atoms with E-state index in [4.69, 9.17) is 0 Å². The summed E-state index contributed by atoms with van der Waals surface area (Å²) in [6, 6.07) is 0.906. The Hall–Kier alpha value is 0.668. The fraction of sp³-hybridized carbons (Fsp3) is 1.00. The van der Waals surface area contributed by atoms with E-state index in [0.717, 1.165) is 6.04 Å². The molecule has 0 aliphatic rings. The first-order valence-corrected chi connectivity index (χ1v) is 18.9. The van der Waals surface area contributed by atoms with Crippen LogP contribution in [0.4, 0.5) is 0 Å². The van der Waals surface area contributed by atoms with E-state index in [2.05, 4.69) is 65.8 Å². The largest absolute Gasteiger partial charge is 0.389 e. The molecule has 0 aliphatic heterocycles. The minimum absolute atomic E-state index is 0.284. The third-order valence-electron chi connectivity index (χ3n) is 4.11. The molecule has 0 rings (SSSR count). The standard InChI is InChI=1S/C12H32OSi4/c1-11-14(13)12(15(2,3)4,16(5,6)7)17(8,9)10/h11H2,1-10H3. The summed E-state index contributed by atoms with van der Waals surface area (Å²) < 4.78 is 13.3. The Labute approximate surface area is 113 Å². The van der Waals surface area contributed by atoms with Crippen LogP contribution in [0.3, 0.4) is 0 Å². The van der Waals surface area contributed by atoms with Gasteiger partial charge in [-0.15, -0.1) is 0 Å². The lowest BCUT2D eigenvalue weighted by Crippen LogP contribution is -2.69. The van der Waals surface area contributed by atoms with Crippen LogP contribution in [0.25, 0.3) is 0 Å². The van der Waals surface area contributed by atoms with Gasteiger partial charge < -0.3 is 4.46 Å². The van der Waals surface area contributed by atoms with Crippen molar-refractivity contribution < 1.29 is 4.46 Å². The van der Waals surface area contributed by atoms with Crippen LogP contribution in [-0.2, 0) is 4.46 Å². The van der Waals surface area contributed by atoms with Gasteiger partial charge in [0.2, 0.25) is 0 Å². The quantitative estimate of drug-likeness (QED) is 0.667. The Balaban J connectivity index is 6.24. The molecule has 0 saturated carbocycles. The first-order chi connectivity index (χ1) is 7.23. The van der Waals surface area contributed by atoms with Crippen LogP contribution in [0.5, 0.6) is 0 Å². The molecule has 102 valence electrons. The second-order valence-electron chi connectivity index (χ2n) is 8.28. The highest BCUT2D eigenvalue weighted by atomic mass is 28.5. The molecule has 0 bridgehead atoms. The van der Waals surface area contributed by atoms with Gasteiger partial charge in [0.05, 0.1) is 0 Å². The van der Waals surface area contributed by atoms with Crippen molar-refractivity contribution in [1.29, 1.82) is 0 Å². The smallest absolute Gasteiger partial charge is 0.274 e. The van der Waals surface area contributed by atoms with Gasteiger partial charge >= 0.3 is 0 Å². The zero-order chi connectivity index (χ0) is 14.3. The first-order valence-electron chi connectivity index (χ1n) is 6.76. The summed E-state index contributed by atoms with van der Waals surface area (Å²) in [6.45, 7) is 24.3. The van der Waals surface area contributed by atoms with Crippen LogP contribution in [0.2, 0.25) is 68.9 Å². The molecule has 0 aliphatic carbocycles. The van der Waals surface area contributed by atoms with E-state index in [1.807, 2.05) is 0 Å². The van der Waals surface area contributed by atoms with E-state index < -0.39 is 32.9 Å². The summed E-state index contributed by atoms with van der Waals surface area (Å²) in [5.41, 5.74) is 0. The Bertz CT molecular complexity index is 255. The van der Waals surface area contributed by atoms with Crippen molar-refractivity contribution in [2.75, 3.05) is 0 Å². The lowest BCUT2D eigenvalue weighted by molar-refractivity contribution is 0.557. The summed E-state index contributed by atoms with van der Waals surface area (Å²) in [6.07, 6.45) is 0. The highest BCUT2D eigenvalue weighted by Crippen LogP contribution is 2.54. The van der Waals surface area contributed by atoms with Gasteiger partial charge in [-0.2, -0.15) is 0 Å². The van der Waals surface area contributed by atoms with Crippen LogP contribution in [0.15, 0.2) is 0 Å². The molecule has 0 aromatic heterocycles. The molecule has 0 fully saturated rings. The van der Waals surface area contributed by atoms with Gasteiger partial charge in [-0.25, -0.2) is 0 Å². The molecule has 0 spiro atoms. The average Bonchev–Trinajstić information content (AvgIpc) is 1.95. The normalized spacial score (nSPS) is 14.9. The molecule has 0 N–H and O–H groups in total. The van der Waals surface area contributed by atoms with E-state index >= 15 is 0 Å². The molecular weight excluding hydrogens is 272 g/mol. The fourth-order valence-electron chi connectivity index (χ4n) is 4.89. The van der Waals surface area contributed by atoms with E-state index in [9.17, 15) is 4.46 Å². The van der Waals surface area contributed by atoms with Gasteiger partial charge in [0.25, 0.3) is 8.68 Å². The van der Waals surface area contributed by atoms with Gasteiger partial charge in [0.1, 0.15) is 0 Å². The third kappa shape index (κ3) is 2.82. The van der Waals surface area contributed by atoms with Crippen LogP contribution in [0.1, 0.15) is 6.92 Å². The van der Waals surface area contributed by atoms with Crippen molar-refractivity contribution in [1.82, 2.24) is 0 Å². The zero-order valence-corrected chi connectivity index (χ0v) is 17.6. The molecule has 0 aromatic rings. The average molecular weight is 305 g/mol. The summed E-state index contributed by atoms with van der Waals surface area (Å²) in [5.74, 6) is 0. The molecule has 0 aromatic carbocycles. The molecule has 0 amide bonds. The number of rotatable bonds is 5. The summed E-state index contributed by atoms with van der Waals surface area (Å²) >= 11 is 0. The first kappa shape index (κ1) is 17.7. The van der Waals surface area contributed by atoms with Crippen LogP contribution in [0, 0.1) is 0 Å². The van der Waals surface area contributed by atoms with Crippen molar-refractivity contribution in [3.8, 4) is 0 Å². The van der Waals surface area contributed by atoms with Gasteiger partial charge in [-0.05, 0) is 9.95 Å². The Morgan fingerprint density at radius 1 is 0.765 bits per heavy atom. The summed E-state index contributed by atoms with van der Waals surface area (Å²) in [7, 11) is -5.77. The van der Waals surface area contributed by atoms with E-state index in [-0.39, 0.29) is 3.91 Å². The van der Waals surface area contributed by atoms with Gasteiger partial charge in [0, 0.05) is 24.2 Å². The number of hydrogen-bond acceptors (Lipinski definition) is 1. The molecule has 0 atom stereocenters. The Morgan fingerprint density at radius 3 is 1.06 bits per heavy atom. The van der Waals surface area contributed by atoms with Gasteiger partial charge in [0.15, 0.2) is 0 Å². The minimum Gasteiger partial charge on any atom is -0.389 e. The Kier molecular flexibility index (Phi) is 5.17. The fourth-order valence-corrected chi connectivity index (χ4v) is 44.1. The molecule has 0 unspecified atom stereocenters. The lowest BCUT2D eigenvalue weighted by atomic mass is 11.0. The van der Waals surface area contributed by atoms with Crippen LogP contribution >= 0.6 is 0 Å². The van der Waals surface area contributed by atoms with Crippen molar-refractivity contribution >= 4 is 32.9 Å². The molecule has 0 radical (unpaired) electrons. The van der Waals surface area contributed by atoms with Crippen LogP contribution in [-0.4, -0.2) is 32.9 Å². The monoisotopic (exact) mass is 304 g/mol. The maximum absolute atomic E-state index is 13.1. The van der Waals surface area contributed by atoms with Crippen molar-refractivity contribution in [3.63, 3.8) is 0 Å². The SMILES string of the molecule is CC[Si](=O)C([Si](C)(C)C)([Si](C)(C)C)[Si](C)(C)C. The van der Waals surface area contributed by atoms with E-state index in [1.165, 1.54) is 0 Å². The number of hydrogen-bond donors (Lipinski definition) is 0. The third-order valence-corrected chi connectivity index (χ3v) is 35.1. The Morgan fingerprint density at radius 2 is 1.00 bits per heavy atom. The zero-order valence-electron chi connectivity index (χ0n) is 13.6. The van der Waals surface area contributed by atoms with Crippen molar-refractivity contribution in [2.24, 2.45) is 0 Å². The predicted octanol–water partition coefficient (Wildman–Crippen LogP) is 4.80. The van der Waals surface area contributed by atoms with E-state index in [1.54, 1.807) is 0 Å². The minimum atomic E-state index is -1.46. The molecule has 1 nitrogen and oxygen atoms in total. The predicted molar refractivity (Wildman–Crippen MR) is 89.7 cm³/mol. The second kappa shape index (κ2) is 4.98. The topological polar surface area (TPSA) is 17.1 Å². The van der Waals surface area contributed by atoms with Gasteiger partial charge in [-0.3, -0.25) is 0 Å². The lowest BCUT2D eigenvalue weighted by Gasteiger charge is -2.57. The molecule has 0 heterocycles. The summed E-state index contributed by atoms with van der Waals surface area (Å²) in [4.78, 5) is 0. The second-order valence-corrected chi connectivity index (χ2v) is 29.3. The highest BCUT2D eigenvalue weighted by Gasteiger charge is 2.63. The molecule has 5 heteroatoms. The maximum atomic E-state index is 13.1. The molecular formula is C12H32OSi4. The van der Waals surface area contributed by atoms with Gasteiger partial charge in [-0.1, -0.05) is 65.8 Å².